The molecule has 1 rings (SSSR count). The fraction of sp³-hybridized carbons (Fsp3) is 0.154. The molecule has 0 radical (unpaired) electrons. The number of allylic oxidation sites excluding steroid dienone is 1. The maximum atomic E-state index is 11.1. The summed E-state index contributed by atoms with van der Waals surface area (Å²) in [5, 5.41) is 0. The summed E-state index contributed by atoms with van der Waals surface area (Å²) in [6.07, 6.45) is 3.57. The van der Waals surface area contributed by atoms with Crippen LogP contribution in [0.2, 0.25) is 0 Å². The van der Waals surface area contributed by atoms with Gasteiger partial charge in [-0.2, -0.15) is 0 Å². The lowest BCUT2D eigenvalue weighted by Crippen LogP contribution is -2.00. The van der Waals surface area contributed by atoms with E-state index < -0.39 is 5.97 Å². The number of carbonyl (C=O) groups is 1. The van der Waals surface area contributed by atoms with Gasteiger partial charge in [0.2, 0.25) is 0 Å². The molecule has 0 N–H and O–H groups in total. The summed E-state index contributed by atoms with van der Waals surface area (Å²) in [6.45, 7) is 2.14. The van der Waals surface area contributed by atoms with Crippen molar-refractivity contribution in [3.05, 3.63) is 48.0 Å². The fourth-order valence-electron chi connectivity index (χ4n) is 0.901. The Hall–Kier alpha value is -2.01. The van der Waals surface area contributed by atoms with Gasteiger partial charge in [-0.25, -0.2) is 4.79 Å². The van der Waals surface area contributed by atoms with Crippen LogP contribution in [0.1, 0.15) is 12.5 Å². The van der Waals surface area contributed by atoms with Crippen molar-refractivity contribution in [3.63, 3.8) is 0 Å². The molecule has 0 fully saturated rings. The molecule has 0 bridgehead atoms. The van der Waals surface area contributed by atoms with Gasteiger partial charge in [0, 0.05) is 11.5 Å². The standard InChI is InChI=1S/C13H12O2/c1-2-3-11-15-13(14)10-9-12-7-5-4-6-8-12/h2-8H,11H2,1H3/b3-2-. The number of rotatable bonds is 2. The molecule has 0 aliphatic heterocycles. The Bertz CT molecular complexity index is 394. The van der Waals surface area contributed by atoms with Crippen LogP contribution in [-0.2, 0) is 9.53 Å². The minimum Gasteiger partial charge on any atom is -0.452 e. The maximum Gasteiger partial charge on any atom is 0.385 e. The first-order valence-electron chi connectivity index (χ1n) is 4.68. The molecule has 0 aliphatic carbocycles. The maximum absolute atomic E-state index is 11.1. The van der Waals surface area contributed by atoms with E-state index in [9.17, 15) is 4.79 Å². The van der Waals surface area contributed by atoms with Crippen LogP contribution in [0.15, 0.2) is 42.5 Å². The average molecular weight is 200 g/mol. The van der Waals surface area contributed by atoms with Gasteiger partial charge in [0.1, 0.15) is 6.61 Å². The number of carbonyl (C=O) groups excluding carboxylic acids is 1. The SMILES string of the molecule is C/C=C\COC(=O)C#Cc1ccccc1. The fourth-order valence-corrected chi connectivity index (χ4v) is 0.901. The van der Waals surface area contributed by atoms with Crippen molar-refractivity contribution in [1.29, 1.82) is 0 Å². The second-order valence-corrected chi connectivity index (χ2v) is 2.78. The third kappa shape index (κ3) is 4.68. The number of ether oxygens (including phenoxy) is 1. The predicted molar refractivity (Wildman–Crippen MR) is 59.1 cm³/mol. The van der Waals surface area contributed by atoms with E-state index in [-0.39, 0.29) is 6.61 Å². The van der Waals surface area contributed by atoms with Gasteiger partial charge in [0.05, 0.1) is 0 Å². The van der Waals surface area contributed by atoms with Gasteiger partial charge >= 0.3 is 5.97 Å². The Morgan fingerprint density at radius 2 is 2.13 bits per heavy atom. The van der Waals surface area contributed by atoms with Crippen LogP contribution >= 0.6 is 0 Å². The van der Waals surface area contributed by atoms with Crippen molar-refractivity contribution < 1.29 is 9.53 Å². The highest BCUT2D eigenvalue weighted by molar-refractivity contribution is 5.89. The van der Waals surface area contributed by atoms with Crippen molar-refractivity contribution >= 4 is 5.97 Å². The molecule has 0 saturated heterocycles. The Labute approximate surface area is 89.6 Å². The van der Waals surface area contributed by atoms with E-state index in [1.165, 1.54) is 0 Å². The average Bonchev–Trinajstić information content (AvgIpc) is 2.28. The van der Waals surface area contributed by atoms with E-state index in [1.54, 1.807) is 6.08 Å². The van der Waals surface area contributed by atoms with E-state index in [4.69, 9.17) is 4.74 Å². The van der Waals surface area contributed by atoms with Crippen LogP contribution in [0.25, 0.3) is 0 Å². The van der Waals surface area contributed by atoms with E-state index in [2.05, 4.69) is 11.8 Å². The zero-order chi connectivity index (χ0) is 10.9. The summed E-state index contributed by atoms with van der Waals surface area (Å²) in [6, 6.07) is 9.32. The van der Waals surface area contributed by atoms with Gasteiger partial charge in [-0.1, -0.05) is 36.3 Å². The van der Waals surface area contributed by atoms with Gasteiger partial charge in [0.15, 0.2) is 0 Å². The third-order valence-electron chi connectivity index (χ3n) is 1.63. The second-order valence-electron chi connectivity index (χ2n) is 2.78. The molecule has 0 unspecified atom stereocenters. The zero-order valence-electron chi connectivity index (χ0n) is 8.57. The van der Waals surface area contributed by atoms with Crippen molar-refractivity contribution in [2.75, 3.05) is 6.61 Å². The van der Waals surface area contributed by atoms with Gasteiger partial charge in [-0.3, -0.25) is 0 Å². The Balaban J connectivity index is 2.48. The highest BCUT2D eigenvalue weighted by atomic mass is 16.5. The number of hydrogen-bond donors (Lipinski definition) is 0. The molecule has 1 aromatic carbocycles. The van der Waals surface area contributed by atoms with Crippen molar-refractivity contribution in [1.82, 2.24) is 0 Å². The Morgan fingerprint density at radius 1 is 1.40 bits per heavy atom. The molecule has 0 saturated carbocycles. The van der Waals surface area contributed by atoms with Crippen LogP contribution in [0.5, 0.6) is 0 Å². The monoisotopic (exact) mass is 200 g/mol. The molecule has 2 nitrogen and oxygen atoms in total. The second kappa shape index (κ2) is 6.44. The van der Waals surface area contributed by atoms with Gasteiger partial charge in [-0.05, 0) is 19.1 Å². The minimum absolute atomic E-state index is 0.277. The van der Waals surface area contributed by atoms with Gasteiger partial charge in [0.25, 0.3) is 0 Å². The van der Waals surface area contributed by atoms with Gasteiger partial charge in [-0.15, -0.1) is 0 Å². The number of benzene rings is 1. The van der Waals surface area contributed by atoms with Crippen LogP contribution in [0.4, 0.5) is 0 Å². The lowest BCUT2D eigenvalue weighted by molar-refractivity contribution is -0.135. The van der Waals surface area contributed by atoms with Crippen LogP contribution in [0.3, 0.4) is 0 Å². The minimum atomic E-state index is -0.503. The van der Waals surface area contributed by atoms with Crippen LogP contribution in [-0.4, -0.2) is 12.6 Å². The lowest BCUT2D eigenvalue weighted by Gasteiger charge is -1.92. The molecular weight excluding hydrogens is 188 g/mol. The summed E-state index contributed by atoms with van der Waals surface area (Å²) < 4.78 is 4.80. The van der Waals surface area contributed by atoms with Crippen molar-refractivity contribution in [3.8, 4) is 11.8 Å². The number of esters is 1. The zero-order valence-corrected chi connectivity index (χ0v) is 8.57. The molecule has 0 aromatic heterocycles. The molecule has 0 atom stereocenters. The molecule has 2 heteroatoms. The molecule has 1 aromatic rings. The summed E-state index contributed by atoms with van der Waals surface area (Å²) >= 11 is 0. The van der Waals surface area contributed by atoms with Crippen LogP contribution in [0, 0.1) is 11.8 Å². The first-order valence-corrected chi connectivity index (χ1v) is 4.68. The lowest BCUT2D eigenvalue weighted by atomic mass is 10.2. The quantitative estimate of drug-likeness (QED) is 0.415. The smallest absolute Gasteiger partial charge is 0.385 e. The molecule has 15 heavy (non-hydrogen) atoms. The number of hydrogen-bond acceptors (Lipinski definition) is 2. The van der Waals surface area contributed by atoms with Crippen molar-refractivity contribution in [2.45, 2.75) is 6.92 Å². The molecule has 0 amide bonds. The van der Waals surface area contributed by atoms with Gasteiger partial charge < -0.3 is 4.74 Å². The van der Waals surface area contributed by atoms with E-state index in [1.807, 2.05) is 43.3 Å². The van der Waals surface area contributed by atoms with E-state index in [0.717, 1.165) is 5.56 Å². The predicted octanol–water partition coefficient (Wildman–Crippen LogP) is 2.16. The van der Waals surface area contributed by atoms with Crippen LogP contribution < -0.4 is 0 Å². The molecule has 76 valence electrons. The molecular formula is C13H12O2. The largest absolute Gasteiger partial charge is 0.452 e. The van der Waals surface area contributed by atoms with E-state index >= 15 is 0 Å². The van der Waals surface area contributed by atoms with Crippen molar-refractivity contribution in [2.24, 2.45) is 0 Å². The first-order chi connectivity index (χ1) is 7.33. The third-order valence-corrected chi connectivity index (χ3v) is 1.63. The normalized spacial score (nSPS) is 9.40. The van der Waals surface area contributed by atoms with E-state index in [0.29, 0.717) is 0 Å². The summed E-state index contributed by atoms with van der Waals surface area (Å²) in [5.74, 6) is 4.63. The highest BCUT2D eigenvalue weighted by Crippen LogP contribution is 1.94. The summed E-state index contributed by atoms with van der Waals surface area (Å²) in [7, 11) is 0. The first kappa shape index (κ1) is 11.1. The summed E-state index contributed by atoms with van der Waals surface area (Å²) in [4.78, 5) is 11.1. The molecule has 0 spiro atoms. The summed E-state index contributed by atoms with van der Waals surface area (Å²) in [5.41, 5.74) is 0.806. The highest BCUT2D eigenvalue weighted by Gasteiger charge is 1.92. The Kier molecular flexibility index (Phi) is 4.75. The molecule has 0 aliphatic rings. The Morgan fingerprint density at radius 3 is 2.80 bits per heavy atom. The topological polar surface area (TPSA) is 26.3 Å². The molecule has 0 heterocycles.